The van der Waals surface area contributed by atoms with Crippen LogP contribution in [0.3, 0.4) is 0 Å². The molecule has 0 bridgehead atoms. The number of amides is 2. The monoisotopic (exact) mass is 490 g/mol. The number of hydrogen-bond acceptors (Lipinski definition) is 7. The standard InChI is InChI=1S/C25H22N4O5S/c1-3-13-28-24(31)22(15-23(30)26-20-12-11-17(34-2)14-21(20)29(32)33)35-25(28)27-19-10-6-8-16-7-4-5-9-18(16)19/h3-12,14,22H,1,13,15H2,2H3,(H,26,30). The molecule has 2 amide bonds. The van der Waals surface area contributed by atoms with E-state index in [0.29, 0.717) is 16.6 Å². The molecule has 0 saturated carbocycles. The first-order chi connectivity index (χ1) is 16.9. The summed E-state index contributed by atoms with van der Waals surface area (Å²) in [5.74, 6) is -0.493. The van der Waals surface area contributed by atoms with Crippen LogP contribution in [0.1, 0.15) is 6.42 Å². The van der Waals surface area contributed by atoms with Gasteiger partial charge in [0.05, 0.1) is 23.8 Å². The molecule has 35 heavy (non-hydrogen) atoms. The summed E-state index contributed by atoms with van der Waals surface area (Å²) in [4.78, 5) is 42.8. The van der Waals surface area contributed by atoms with Crippen molar-refractivity contribution in [2.75, 3.05) is 19.0 Å². The Hall–Kier alpha value is -4.18. The molecular formula is C25H22N4O5S. The minimum Gasteiger partial charge on any atom is -0.496 e. The van der Waals surface area contributed by atoms with E-state index in [2.05, 4.69) is 11.9 Å². The van der Waals surface area contributed by atoms with E-state index >= 15 is 0 Å². The zero-order chi connectivity index (χ0) is 24.9. The van der Waals surface area contributed by atoms with Gasteiger partial charge in [0.2, 0.25) is 11.8 Å². The van der Waals surface area contributed by atoms with Crippen molar-refractivity contribution in [1.29, 1.82) is 0 Å². The second-order valence-electron chi connectivity index (χ2n) is 7.63. The number of nitrogens with zero attached hydrogens (tertiary/aromatic N) is 3. The summed E-state index contributed by atoms with van der Waals surface area (Å²) in [7, 11) is 1.40. The Labute approximate surface area is 205 Å². The number of thioether (sulfide) groups is 1. The number of amidine groups is 1. The topological polar surface area (TPSA) is 114 Å². The summed E-state index contributed by atoms with van der Waals surface area (Å²) in [6, 6.07) is 17.7. The summed E-state index contributed by atoms with van der Waals surface area (Å²) in [6.07, 6.45) is 1.43. The number of nitro groups is 1. The highest BCUT2D eigenvalue weighted by Crippen LogP contribution is 2.35. The quantitative estimate of drug-likeness (QED) is 0.273. The number of nitrogens with one attached hydrogen (secondary N) is 1. The predicted molar refractivity (Wildman–Crippen MR) is 137 cm³/mol. The number of methoxy groups -OCH3 is 1. The molecule has 0 aliphatic carbocycles. The summed E-state index contributed by atoms with van der Waals surface area (Å²) < 4.78 is 5.02. The average Bonchev–Trinajstić information content (AvgIpc) is 3.13. The number of anilines is 1. The van der Waals surface area contributed by atoms with Gasteiger partial charge in [0, 0.05) is 18.4 Å². The van der Waals surface area contributed by atoms with Gasteiger partial charge in [0.25, 0.3) is 5.69 Å². The van der Waals surface area contributed by atoms with Crippen molar-refractivity contribution >= 4 is 56.6 Å². The van der Waals surface area contributed by atoms with Crippen LogP contribution in [0.4, 0.5) is 17.1 Å². The van der Waals surface area contributed by atoms with E-state index in [-0.39, 0.29) is 30.2 Å². The maximum Gasteiger partial charge on any atom is 0.296 e. The summed E-state index contributed by atoms with van der Waals surface area (Å²) >= 11 is 1.19. The molecule has 1 aliphatic heterocycles. The largest absolute Gasteiger partial charge is 0.496 e. The van der Waals surface area contributed by atoms with Crippen LogP contribution in [0.2, 0.25) is 0 Å². The van der Waals surface area contributed by atoms with Gasteiger partial charge in [-0.25, -0.2) is 4.99 Å². The number of hydrogen-bond donors (Lipinski definition) is 1. The van der Waals surface area contributed by atoms with Crippen molar-refractivity contribution in [3.63, 3.8) is 0 Å². The lowest BCUT2D eigenvalue weighted by atomic mass is 10.1. The fourth-order valence-corrected chi connectivity index (χ4v) is 4.86. The Bertz CT molecular complexity index is 1350. The molecule has 1 fully saturated rings. The van der Waals surface area contributed by atoms with Gasteiger partial charge < -0.3 is 10.1 Å². The van der Waals surface area contributed by atoms with Gasteiger partial charge >= 0.3 is 0 Å². The lowest BCUT2D eigenvalue weighted by molar-refractivity contribution is -0.384. The second kappa shape index (κ2) is 10.4. The van der Waals surface area contributed by atoms with Crippen LogP contribution in [0, 0.1) is 10.1 Å². The number of nitro benzene ring substituents is 1. The molecule has 1 atom stereocenters. The minimum atomic E-state index is -0.721. The number of carbonyl (C=O) groups is 2. The van der Waals surface area contributed by atoms with Gasteiger partial charge in [-0.2, -0.15) is 0 Å². The summed E-state index contributed by atoms with van der Waals surface area (Å²) in [6.45, 7) is 3.97. The third-order valence-corrected chi connectivity index (χ3v) is 6.54. The SMILES string of the molecule is C=CCN1C(=O)C(CC(=O)Nc2ccc(OC)cc2[N+](=O)[O-])SC1=Nc1cccc2ccccc12. The van der Waals surface area contributed by atoms with Crippen molar-refractivity contribution in [2.45, 2.75) is 11.7 Å². The van der Waals surface area contributed by atoms with E-state index in [1.807, 2.05) is 42.5 Å². The molecule has 1 N–H and O–H groups in total. The highest BCUT2D eigenvalue weighted by atomic mass is 32.2. The first-order valence-electron chi connectivity index (χ1n) is 10.7. The van der Waals surface area contributed by atoms with Crippen LogP contribution in [-0.2, 0) is 9.59 Å². The molecule has 3 aromatic rings. The number of benzene rings is 3. The first-order valence-corrected chi connectivity index (χ1v) is 11.6. The first kappa shape index (κ1) is 24.0. The Balaban J connectivity index is 1.56. The Morgan fingerprint density at radius 1 is 1.26 bits per heavy atom. The maximum absolute atomic E-state index is 13.1. The van der Waals surface area contributed by atoms with Crippen LogP contribution in [0.5, 0.6) is 5.75 Å². The maximum atomic E-state index is 13.1. The van der Waals surface area contributed by atoms with Crippen LogP contribution in [0.25, 0.3) is 10.8 Å². The van der Waals surface area contributed by atoms with Crippen molar-refractivity contribution < 1.29 is 19.2 Å². The third kappa shape index (κ3) is 5.17. The molecule has 1 aliphatic rings. The van der Waals surface area contributed by atoms with Crippen molar-refractivity contribution in [2.24, 2.45) is 4.99 Å². The van der Waals surface area contributed by atoms with Crippen molar-refractivity contribution in [3.05, 3.63) is 83.4 Å². The summed E-state index contributed by atoms with van der Waals surface area (Å²) in [5, 5.41) is 15.7. The van der Waals surface area contributed by atoms with E-state index in [1.165, 1.54) is 42.0 Å². The van der Waals surface area contributed by atoms with Crippen LogP contribution < -0.4 is 10.1 Å². The minimum absolute atomic E-state index is 0.0313. The van der Waals surface area contributed by atoms with Gasteiger partial charge in [0.1, 0.15) is 16.7 Å². The zero-order valence-corrected chi connectivity index (χ0v) is 19.7. The van der Waals surface area contributed by atoms with Gasteiger partial charge in [-0.1, -0.05) is 54.2 Å². The number of rotatable bonds is 8. The number of ether oxygens (including phenoxy) is 1. The molecule has 178 valence electrons. The Morgan fingerprint density at radius 2 is 2.03 bits per heavy atom. The van der Waals surface area contributed by atoms with Crippen molar-refractivity contribution in [1.82, 2.24) is 4.90 Å². The predicted octanol–water partition coefficient (Wildman–Crippen LogP) is 4.90. The van der Waals surface area contributed by atoms with E-state index < -0.39 is 16.1 Å². The summed E-state index contributed by atoms with van der Waals surface area (Å²) in [5.41, 5.74) is 0.449. The molecule has 10 heteroatoms. The molecule has 0 aromatic heterocycles. The van der Waals surface area contributed by atoms with E-state index in [1.54, 1.807) is 6.08 Å². The second-order valence-corrected chi connectivity index (χ2v) is 8.80. The fourth-order valence-electron chi connectivity index (χ4n) is 3.70. The zero-order valence-electron chi connectivity index (χ0n) is 18.8. The number of fused-ring (bicyclic) bond motifs is 1. The van der Waals surface area contributed by atoms with E-state index in [4.69, 9.17) is 9.73 Å². The van der Waals surface area contributed by atoms with Crippen LogP contribution >= 0.6 is 11.8 Å². The third-order valence-electron chi connectivity index (χ3n) is 5.36. The molecule has 1 heterocycles. The number of aliphatic imine (C=N–C) groups is 1. The molecule has 1 unspecified atom stereocenters. The lowest BCUT2D eigenvalue weighted by Gasteiger charge is -2.14. The van der Waals surface area contributed by atoms with Gasteiger partial charge in [-0.3, -0.25) is 24.6 Å². The van der Waals surface area contributed by atoms with Gasteiger partial charge in [-0.05, 0) is 23.6 Å². The van der Waals surface area contributed by atoms with Crippen LogP contribution in [0.15, 0.2) is 78.3 Å². The normalized spacial score (nSPS) is 16.5. The van der Waals surface area contributed by atoms with E-state index in [0.717, 1.165) is 10.8 Å². The molecule has 0 radical (unpaired) electrons. The average molecular weight is 491 g/mol. The van der Waals surface area contributed by atoms with Crippen LogP contribution in [-0.4, -0.2) is 45.7 Å². The Kier molecular flexibility index (Phi) is 7.11. The molecule has 3 aromatic carbocycles. The van der Waals surface area contributed by atoms with Gasteiger partial charge in [0.15, 0.2) is 5.17 Å². The number of carbonyl (C=O) groups excluding carboxylic acids is 2. The smallest absolute Gasteiger partial charge is 0.296 e. The molecule has 9 nitrogen and oxygen atoms in total. The lowest BCUT2D eigenvalue weighted by Crippen LogP contribution is -2.33. The van der Waals surface area contributed by atoms with Gasteiger partial charge in [-0.15, -0.1) is 6.58 Å². The fraction of sp³-hybridized carbons (Fsp3) is 0.160. The van der Waals surface area contributed by atoms with Crippen molar-refractivity contribution in [3.8, 4) is 5.75 Å². The molecule has 0 spiro atoms. The Morgan fingerprint density at radius 3 is 2.77 bits per heavy atom. The molecule has 1 saturated heterocycles. The molecular weight excluding hydrogens is 468 g/mol. The highest BCUT2D eigenvalue weighted by molar-refractivity contribution is 8.15. The highest BCUT2D eigenvalue weighted by Gasteiger charge is 2.39. The van der Waals surface area contributed by atoms with E-state index in [9.17, 15) is 19.7 Å². The molecule has 4 rings (SSSR count).